The number of rotatable bonds is 11. The predicted octanol–water partition coefficient (Wildman–Crippen LogP) is 8.90. The molecule has 2 rings (SSSR count). The minimum absolute atomic E-state index is 0.106. The molecule has 0 N–H and O–H groups in total. The van der Waals surface area contributed by atoms with Crippen LogP contribution in [0.2, 0.25) is 0 Å². The summed E-state index contributed by atoms with van der Waals surface area (Å²) in [6.45, 7) is 10.8. The molecule has 2 aromatic heterocycles. The molecule has 0 aliphatic carbocycles. The van der Waals surface area contributed by atoms with Crippen molar-refractivity contribution >= 4 is 49.9 Å². The van der Waals surface area contributed by atoms with Crippen molar-refractivity contribution in [2.24, 2.45) is 0 Å². The standard InChI is InChI=1S/C18H26N2O4S2.2F6P/c1-13-17(15(3)21)25-11-19(13)5-7-23-9-10-24-8-6-20-12-26-18(14(20)2)16(4)22;2*1-7(2,3,4,5)6/h11-12H,5-10H2,1-4H3;;/q+2;2*-1. The molecule has 0 atom stereocenters. The van der Waals surface area contributed by atoms with Gasteiger partial charge in [-0.1, -0.05) is 22.7 Å². The number of ketones is 2. The van der Waals surface area contributed by atoms with Crippen molar-refractivity contribution in [3.05, 3.63) is 32.2 Å². The quantitative estimate of drug-likeness (QED) is 0.0778. The first-order chi connectivity index (χ1) is 17.3. The molecule has 0 aromatic carbocycles. The van der Waals surface area contributed by atoms with Gasteiger partial charge in [-0.2, -0.15) is 9.13 Å². The van der Waals surface area contributed by atoms with Gasteiger partial charge in [0.05, 0.1) is 13.2 Å². The molecule has 2 heterocycles. The van der Waals surface area contributed by atoms with Gasteiger partial charge in [-0.15, -0.1) is 0 Å². The van der Waals surface area contributed by atoms with E-state index in [-0.39, 0.29) is 11.6 Å². The van der Waals surface area contributed by atoms with E-state index in [1.54, 1.807) is 13.8 Å². The topological polar surface area (TPSA) is 60.4 Å². The Morgan fingerprint density at radius 2 is 0.875 bits per heavy atom. The van der Waals surface area contributed by atoms with E-state index in [1.165, 1.54) is 22.7 Å². The van der Waals surface area contributed by atoms with Crippen molar-refractivity contribution in [3.8, 4) is 0 Å². The molecule has 0 aliphatic rings. The summed E-state index contributed by atoms with van der Waals surface area (Å²) in [4.78, 5) is 24.5. The predicted molar refractivity (Wildman–Crippen MR) is 127 cm³/mol. The zero-order chi connectivity index (χ0) is 31.9. The Kier molecular flexibility index (Phi) is 11.6. The SMILES string of the molecule is CC(=O)c1sc[n+](CCOCCOCC[n+]2csc(C(C)=O)c2C)c1C.F[P-](F)(F)(F)(F)F.F[P-](F)(F)(F)(F)F. The van der Waals surface area contributed by atoms with Gasteiger partial charge in [0.2, 0.25) is 11.0 Å². The van der Waals surface area contributed by atoms with Crippen LogP contribution in [0.15, 0.2) is 11.0 Å². The normalized spacial score (nSPS) is 15.3. The molecule has 0 amide bonds. The zero-order valence-corrected chi connectivity index (χ0v) is 24.6. The van der Waals surface area contributed by atoms with Crippen LogP contribution in [0.4, 0.5) is 50.4 Å². The molecule has 0 unspecified atom stereocenters. The molecule has 0 saturated heterocycles. The molecule has 22 heteroatoms. The Balaban J connectivity index is 0.000000894. The van der Waals surface area contributed by atoms with E-state index in [9.17, 15) is 60.0 Å². The molecule has 0 bridgehead atoms. The number of aromatic nitrogens is 2. The first-order valence-corrected chi connectivity index (χ1v) is 16.4. The molecular weight excluding hydrogens is 662 g/mol. The van der Waals surface area contributed by atoms with Gasteiger partial charge in [0, 0.05) is 27.7 Å². The Bertz CT molecular complexity index is 1070. The summed E-state index contributed by atoms with van der Waals surface area (Å²) >= 11 is 2.94. The van der Waals surface area contributed by atoms with Crippen molar-refractivity contribution in [3.63, 3.8) is 0 Å². The van der Waals surface area contributed by atoms with Gasteiger partial charge in [-0.25, -0.2) is 0 Å². The number of carbonyl (C=O) groups excluding carboxylic acids is 2. The number of nitrogens with zero attached hydrogens (tertiary/aromatic N) is 2. The van der Waals surface area contributed by atoms with E-state index in [2.05, 4.69) is 0 Å². The second-order valence-electron chi connectivity index (χ2n) is 7.92. The molecule has 0 radical (unpaired) electrons. The van der Waals surface area contributed by atoms with Crippen LogP contribution in [0.1, 0.15) is 44.6 Å². The molecular formula is C18H26F12N2O4P2S2. The molecule has 2 aromatic rings. The van der Waals surface area contributed by atoms with Crippen LogP contribution in [-0.2, 0) is 22.6 Å². The number of halogens is 12. The van der Waals surface area contributed by atoms with E-state index in [0.717, 1.165) is 34.2 Å². The zero-order valence-electron chi connectivity index (χ0n) is 21.2. The molecule has 0 spiro atoms. The third kappa shape index (κ3) is 24.3. The number of Topliss-reactive ketones (excluding diaryl/α,β-unsaturated/α-hetero) is 2. The summed E-state index contributed by atoms with van der Waals surface area (Å²) in [7, 11) is -21.3. The van der Waals surface area contributed by atoms with Gasteiger partial charge >= 0.3 is 66.0 Å². The van der Waals surface area contributed by atoms with Crippen molar-refractivity contribution < 1.29 is 78.6 Å². The average Bonchev–Trinajstić information content (AvgIpc) is 3.21. The van der Waals surface area contributed by atoms with Crippen LogP contribution in [0.5, 0.6) is 0 Å². The van der Waals surface area contributed by atoms with E-state index >= 15 is 0 Å². The van der Waals surface area contributed by atoms with Crippen molar-refractivity contribution in [2.45, 2.75) is 40.8 Å². The Hall–Kier alpha value is -1.46. The molecule has 0 aliphatic heterocycles. The Morgan fingerprint density at radius 3 is 1.07 bits per heavy atom. The summed E-state index contributed by atoms with van der Waals surface area (Å²) in [5.41, 5.74) is 5.91. The van der Waals surface area contributed by atoms with E-state index in [1.807, 2.05) is 34.0 Å². The minimum atomic E-state index is -10.7. The number of ether oxygens (including phenoxy) is 2. The summed E-state index contributed by atoms with van der Waals surface area (Å²) in [5.74, 6) is 0.212. The van der Waals surface area contributed by atoms with E-state index in [0.29, 0.717) is 26.4 Å². The number of hydrogen-bond donors (Lipinski definition) is 0. The maximum absolute atomic E-state index is 11.4. The molecule has 0 fully saturated rings. The van der Waals surface area contributed by atoms with Gasteiger partial charge in [-0.05, 0) is 0 Å². The Labute approximate surface area is 228 Å². The van der Waals surface area contributed by atoms with Gasteiger partial charge < -0.3 is 9.47 Å². The fourth-order valence-electron chi connectivity index (χ4n) is 2.59. The second kappa shape index (κ2) is 12.0. The number of carbonyl (C=O) groups is 2. The van der Waals surface area contributed by atoms with Gasteiger partial charge in [0.15, 0.2) is 36.0 Å². The van der Waals surface area contributed by atoms with Crippen molar-refractivity contribution in [1.82, 2.24) is 0 Å². The van der Waals surface area contributed by atoms with Crippen LogP contribution in [0, 0.1) is 13.8 Å². The summed E-state index contributed by atoms with van der Waals surface area (Å²) < 4.78 is 134. The molecule has 6 nitrogen and oxygen atoms in total. The molecule has 0 saturated carbocycles. The molecule has 238 valence electrons. The van der Waals surface area contributed by atoms with Crippen LogP contribution in [0.3, 0.4) is 0 Å². The Morgan fingerprint density at radius 1 is 0.625 bits per heavy atom. The van der Waals surface area contributed by atoms with Gasteiger partial charge in [0.25, 0.3) is 0 Å². The van der Waals surface area contributed by atoms with E-state index in [4.69, 9.17) is 9.47 Å². The van der Waals surface area contributed by atoms with Crippen LogP contribution in [0.25, 0.3) is 0 Å². The van der Waals surface area contributed by atoms with Crippen molar-refractivity contribution in [1.29, 1.82) is 0 Å². The fraction of sp³-hybridized carbons (Fsp3) is 0.556. The number of thiazole rings is 2. The summed E-state index contributed by atoms with van der Waals surface area (Å²) in [5, 5.41) is 0. The summed E-state index contributed by atoms with van der Waals surface area (Å²) in [6, 6.07) is 0. The first-order valence-electron chi connectivity index (χ1n) is 10.6. The summed E-state index contributed by atoms with van der Waals surface area (Å²) in [6.07, 6.45) is 0. The van der Waals surface area contributed by atoms with Gasteiger partial charge in [-0.3, -0.25) is 9.59 Å². The van der Waals surface area contributed by atoms with Gasteiger partial charge in [0.1, 0.15) is 23.0 Å². The van der Waals surface area contributed by atoms with Crippen LogP contribution >= 0.6 is 38.3 Å². The fourth-order valence-corrected chi connectivity index (χ4v) is 4.49. The van der Waals surface area contributed by atoms with Crippen molar-refractivity contribution in [2.75, 3.05) is 26.4 Å². The van der Waals surface area contributed by atoms with Crippen LogP contribution < -0.4 is 9.13 Å². The number of hydrogen-bond acceptors (Lipinski definition) is 6. The first kappa shape index (κ1) is 38.5. The monoisotopic (exact) mass is 688 g/mol. The maximum atomic E-state index is 11.4. The third-order valence-electron chi connectivity index (χ3n) is 4.08. The van der Waals surface area contributed by atoms with E-state index < -0.39 is 15.6 Å². The second-order valence-corrected chi connectivity index (χ2v) is 13.5. The van der Waals surface area contributed by atoms with Crippen LogP contribution in [-0.4, -0.2) is 38.0 Å². The third-order valence-corrected chi connectivity index (χ3v) is 6.44. The average molecular weight is 688 g/mol. The molecule has 40 heavy (non-hydrogen) atoms.